The summed E-state index contributed by atoms with van der Waals surface area (Å²) in [5, 5.41) is 8.76. The lowest BCUT2D eigenvalue weighted by Crippen LogP contribution is -2.36. The van der Waals surface area contributed by atoms with Gasteiger partial charge in [0.15, 0.2) is 0 Å². The van der Waals surface area contributed by atoms with Gasteiger partial charge in [0.25, 0.3) is 0 Å². The van der Waals surface area contributed by atoms with E-state index in [4.69, 9.17) is 5.11 Å². The molecule has 0 atom stereocenters. The number of aliphatic hydroxyl groups is 1. The average Bonchev–Trinajstić information content (AvgIpc) is 2.47. The molecule has 0 unspecified atom stereocenters. The number of rotatable bonds is 4. The molecule has 1 fully saturated rings. The molecule has 2 rings (SSSR count). The Morgan fingerprint density at radius 1 is 1.29 bits per heavy atom. The maximum atomic E-state index is 8.76. The van der Waals surface area contributed by atoms with Gasteiger partial charge >= 0.3 is 0 Å². The largest absolute Gasteiger partial charge is 0.384 e. The summed E-state index contributed by atoms with van der Waals surface area (Å²) >= 11 is 0. The minimum Gasteiger partial charge on any atom is -0.384 e. The molecule has 1 aromatic carbocycles. The van der Waals surface area contributed by atoms with Gasteiger partial charge in [0.2, 0.25) is 0 Å². The quantitative estimate of drug-likeness (QED) is 0.855. The zero-order valence-corrected chi connectivity index (χ0v) is 13.2. The molecule has 0 aromatic heterocycles. The van der Waals surface area contributed by atoms with Crippen molar-refractivity contribution in [2.24, 2.45) is 5.92 Å². The summed E-state index contributed by atoms with van der Waals surface area (Å²) in [6, 6.07) is 8.34. The molecule has 0 amide bonds. The van der Waals surface area contributed by atoms with Crippen molar-refractivity contribution >= 4 is 0 Å². The van der Waals surface area contributed by atoms with Crippen LogP contribution in [0.15, 0.2) is 24.3 Å². The number of piperidine rings is 1. The van der Waals surface area contributed by atoms with Crippen molar-refractivity contribution in [3.05, 3.63) is 35.4 Å². The minimum absolute atomic E-state index is 0.0797. The van der Waals surface area contributed by atoms with Gasteiger partial charge in [-0.15, -0.1) is 0 Å². The van der Waals surface area contributed by atoms with E-state index in [2.05, 4.69) is 53.9 Å². The van der Waals surface area contributed by atoms with Crippen molar-refractivity contribution in [2.75, 3.05) is 40.3 Å². The molecule has 1 aromatic rings. The van der Waals surface area contributed by atoms with Crippen LogP contribution in [0.5, 0.6) is 0 Å². The predicted octanol–water partition coefficient (Wildman–Crippen LogP) is 1.80. The number of hydrogen-bond donors (Lipinski definition) is 1. The van der Waals surface area contributed by atoms with Gasteiger partial charge in [0, 0.05) is 18.7 Å². The van der Waals surface area contributed by atoms with Gasteiger partial charge in [-0.2, -0.15) is 0 Å². The van der Waals surface area contributed by atoms with Crippen molar-refractivity contribution in [1.29, 1.82) is 0 Å². The Labute approximate surface area is 128 Å². The molecule has 1 N–H and O–H groups in total. The second kappa shape index (κ2) is 8.19. The van der Waals surface area contributed by atoms with Crippen LogP contribution in [-0.2, 0) is 6.54 Å². The van der Waals surface area contributed by atoms with Crippen LogP contribution in [0.1, 0.15) is 24.0 Å². The van der Waals surface area contributed by atoms with Gasteiger partial charge in [0.1, 0.15) is 6.61 Å². The molecule has 0 aliphatic carbocycles. The van der Waals surface area contributed by atoms with Gasteiger partial charge < -0.3 is 10.0 Å². The van der Waals surface area contributed by atoms with Crippen LogP contribution >= 0.6 is 0 Å². The summed E-state index contributed by atoms with van der Waals surface area (Å²) in [4.78, 5) is 4.83. The summed E-state index contributed by atoms with van der Waals surface area (Å²) in [7, 11) is 4.32. The fourth-order valence-electron chi connectivity index (χ4n) is 2.99. The number of nitrogens with zero attached hydrogens (tertiary/aromatic N) is 2. The van der Waals surface area contributed by atoms with Crippen molar-refractivity contribution in [2.45, 2.75) is 19.4 Å². The summed E-state index contributed by atoms with van der Waals surface area (Å²) in [5.74, 6) is 6.53. The Balaban J connectivity index is 1.86. The summed E-state index contributed by atoms with van der Waals surface area (Å²) in [5.41, 5.74) is 2.30. The van der Waals surface area contributed by atoms with Crippen molar-refractivity contribution in [1.82, 2.24) is 9.80 Å². The molecule has 0 saturated carbocycles. The Hall–Kier alpha value is -1.34. The first kappa shape index (κ1) is 16.0. The molecule has 1 aliphatic heterocycles. The minimum atomic E-state index is -0.0797. The average molecular weight is 286 g/mol. The molecule has 3 nitrogen and oxygen atoms in total. The molecule has 1 heterocycles. The van der Waals surface area contributed by atoms with E-state index in [0.717, 1.165) is 18.0 Å². The maximum absolute atomic E-state index is 8.76. The smallest absolute Gasteiger partial charge is 0.104 e. The van der Waals surface area contributed by atoms with Crippen molar-refractivity contribution in [3.63, 3.8) is 0 Å². The van der Waals surface area contributed by atoms with Gasteiger partial charge in [-0.05, 0) is 63.6 Å². The lowest BCUT2D eigenvalue weighted by molar-refractivity contribution is 0.157. The molecule has 0 bridgehead atoms. The first-order chi connectivity index (χ1) is 10.2. The second-order valence-corrected chi connectivity index (χ2v) is 6.14. The first-order valence-electron chi connectivity index (χ1n) is 7.73. The van der Waals surface area contributed by atoms with Gasteiger partial charge in [-0.25, -0.2) is 0 Å². The standard InChI is InChI=1S/C18H26N2O/c1-19(2)14-17-8-10-20(11-9-17)15-18-6-3-5-16(13-18)7-4-12-21/h3,5-6,13,17,21H,8-12,14-15H2,1-2H3. The monoisotopic (exact) mass is 286 g/mol. The topological polar surface area (TPSA) is 26.7 Å². The fourth-order valence-corrected chi connectivity index (χ4v) is 2.99. The number of hydrogen-bond acceptors (Lipinski definition) is 3. The van der Waals surface area contributed by atoms with Crippen LogP contribution < -0.4 is 0 Å². The van der Waals surface area contributed by atoms with E-state index in [1.54, 1.807) is 0 Å². The van der Waals surface area contributed by atoms with Crippen LogP contribution in [0.4, 0.5) is 0 Å². The molecule has 1 saturated heterocycles. The van der Waals surface area contributed by atoms with E-state index in [1.165, 1.54) is 38.0 Å². The molecule has 0 radical (unpaired) electrons. The van der Waals surface area contributed by atoms with Crippen molar-refractivity contribution < 1.29 is 5.11 Å². The third-order valence-electron chi connectivity index (χ3n) is 3.98. The maximum Gasteiger partial charge on any atom is 0.104 e. The fraction of sp³-hybridized carbons (Fsp3) is 0.556. The van der Waals surface area contributed by atoms with Crippen LogP contribution in [0.25, 0.3) is 0 Å². The predicted molar refractivity (Wildman–Crippen MR) is 87.0 cm³/mol. The highest BCUT2D eigenvalue weighted by atomic mass is 16.2. The number of likely N-dealkylation sites (tertiary alicyclic amines) is 1. The van der Waals surface area contributed by atoms with Crippen LogP contribution in [-0.4, -0.2) is 55.2 Å². The normalized spacial score (nSPS) is 16.8. The van der Waals surface area contributed by atoms with E-state index in [0.29, 0.717) is 0 Å². The van der Waals surface area contributed by atoms with E-state index in [1.807, 2.05) is 6.07 Å². The Kier molecular flexibility index (Phi) is 6.25. The van der Waals surface area contributed by atoms with E-state index >= 15 is 0 Å². The number of benzene rings is 1. The Morgan fingerprint density at radius 2 is 2.05 bits per heavy atom. The third-order valence-corrected chi connectivity index (χ3v) is 3.98. The zero-order chi connectivity index (χ0) is 15.1. The molecule has 21 heavy (non-hydrogen) atoms. The molecular weight excluding hydrogens is 260 g/mol. The summed E-state index contributed by atoms with van der Waals surface area (Å²) in [6.45, 7) is 4.50. The summed E-state index contributed by atoms with van der Waals surface area (Å²) in [6.07, 6.45) is 2.59. The van der Waals surface area contributed by atoms with Gasteiger partial charge in [-0.1, -0.05) is 24.0 Å². The van der Waals surface area contributed by atoms with Crippen molar-refractivity contribution in [3.8, 4) is 11.8 Å². The molecule has 1 aliphatic rings. The van der Waals surface area contributed by atoms with Gasteiger partial charge in [-0.3, -0.25) is 4.90 Å². The number of aliphatic hydroxyl groups excluding tert-OH is 1. The second-order valence-electron chi connectivity index (χ2n) is 6.14. The highest BCUT2D eigenvalue weighted by Crippen LogP contribution is 2.19. The lowest BCUT2D eigenvalue weighted by Gasteiger charge is -2.33. The Bertz CT molecular complexity index is 493. The third kappa shape index (κ3) is 5.51. The van der Waals surface area contributed by atoms with Crippen LogP contribution in [0.2, 0.25) is 0 Å². The summed E-state index contributed by atoms with van der Waals surface area (Å²) < 4.78 is 0. The highest BCUT2D eigenvalue weighted by molar-refractivity contribution is 5.37. The molecule has 0 spiro atoms. The van der Waals surface area contributed by atoms with E-state index in [9.17, 15) is 0 Å². The first-order valence-corrected chi connectivity index (χ1v) is 7.73. The van der Waals surface area contributed by atoms with Crippen LogP contribution in [0.3, 0.4) is 0 Å². The SMILES string of the molecule is CN(C)CC1CCN(Cc2cccc(C#CCO)c2)CC1. The van der Waals surface area contributed by atoms with E-state index < -0.39 is 0 Å². The highest BCUT2D eigenvalue weighted by Gasteiger charge is 2.19. The van der Waals surface area contributed by atoms with Gasteiger partial charge in [0.05, 0.1) is 0 Å². The zero-order valence-electron chi connectivity index (χ0n) is 13.2. The lowest BCUT2D eigenvalue weighted by atomic mass is 9.96. The van der Waals surface area contributed by atoms with E-state index in [-0.39, 0.29) is 6.61 Å². The van der Waals surface area contributed by atoms with Crippen LogP contribution in [0, 0.1) is 17.8 Å². The molecule has 3 heteroatoms. The Morgan fingerprint density at radius 3 is 2.71 bits per heavy atom. The molecular formula is C18H26N2O. The molecule has 114 valence electrons.